The molecule has 2 rings (SSSR count). The summed E-state index contributed by atoms with van der Waals surface area (Å²) in [6, 6.07) is -0.680. The highest BCUT2D eigenvalue weighted by atomic mass is 16.5. The van der Waals surface area contributed by atoms with E-state index < -0.39 is 0 Å². The number of ether oxygens (including phenoxy) is 1. The lowest BCUT2D eigenvalue weighted by Crippen LogP contribution is -2.67. The van der Waals surface area contributed by atoms with Crippen LogP contribution < -0.4 is 5.32 Å². The van der Waals surface area contributed by atoms with Crippen LogP contribution in [0.5, 0.6) is 0 Å². The van der Waals surface area contributed by atoms with Crippen LogP contribution in [0.25, 0.3) is 0 Å². The number of nitrogens with zero attached hydrogens (tertiary/aromatic N) is 1. The van der Waals surface area contributed by atoms with Gasteiger partial charge in [-0.05, 0) is 25.7 Å². The number of nitrogens with one attached hydrogen (secondary N) is 1. The molecule has 4 atom stereocenters. The van der Waals surface area contributed by atoms with Gasteiger partial charge in [-0.2, -0.15) is 0 Å². The van der Waals surface area contributed by atoms with Gasteiger partial charge < -0.3 is 15.0 Å². The minimum atomic E-state index is -0.373. The summed E-state index contributed by atoms with van der Waals surface area (Å²) in [7, 11) is 0. The molecule has 2 aliphatic rings. The maximum atomic E-state index is 12.7. The quantitative estimate of drug-likeness (QED) is 0.842. The van der Waals surface area contributed by atoms with E-state index in [1.807, 2.05) is 25.7 Å². The van der Waals surface area contributed by atoms with Gasteiger partial charge in [-0.3, -0.25) is 9.59 Å². The Morgan fingerprint density at radius 1 is 1.35 bits per heavy atom. The van der Waals surface area contributed by atoms with Gasteiger partial charge >= 0.3 is 0 Å². The zero-order valence-corrected chi connectivity index (χ0v) is 12.9. The molecule has 0 aromatic heterocycles. The van der Waals surface area contributed by atoms with Crippen LogP contribution in [0.2, 0.25) is 0 Å². The van der Waals surface area contributed by atoms with Crippen molar-refractivity contribution in [3.8, 4) is 0 Å². The first-order chi connectivity index (χ1) is 9.47. The average molecular weight is 282 g/mol. The first-order valence-electron chi connectivity index (χ1n) is 7.67. The molecule has 0 radical (unpaired) electrons. The maximum absolute atomic E-state index is 12.7. The molecule has 0 aromatic carbocycles. The van der Waals surface area contributed by atoms with Gasteiger partial charge in [0, 0.05) is 18.6 Å². The fraction of sp³-hybridized carbons (Fsp3) is 0.867. The lowest BCUT2D eigenvalue weighted by molar-refractivity contribution is -0.155. The minimum Gasteiger partial charge on any atom is -0.381 e. The van der Waals surface area contributed by atoms with Crippen molar-refractivity contribution in [2.24, 2.45) is 11.8 Å². The Bertz CT molecular complexity index is 377. The standard InChI is InChI=1S/C15H26N2O3/c1-5-12-15(19)17(10(4)11-6-7-20-8-11)13(9(2)3)14(18)16-12/h9-13H,5-8H2,1-4H3,(H,16,18). The number of hydrogen-bond acceptors (Lipinski definition) is 3. The van der Waals surface area contributed by atoms with Gasteiger partial charge in [0.25, 0.3) is 0 Å². The van der Waals surface area contributed by atoms with Crippen molar-refractivity contribution in [1.82, 2.24) is 10.2 Å². The summed E-state index contributed by atoms with van der Waals surface area (Å²) in [5, 5.41) is 2.86. The molecule has 0 spiro atoms. The van der Waals surface area contributed by atoms with Crippen LogP contribution in [0.15, 0.2) is 0 Å². The number of piperazine rings is 1. The monoisotopic (exact) mass is 282 g/mol. The largest absolute Gasteiger partial charge is 0.381 e. The number of rotatable bonds is 4. The van der Waals surface area contributed by atoms with E-state index >= 15 is 0 Å². The summed E-state index contributed by atoms with van der Waals surface area (Å²) in [5.74, 6) is 0.493. The van der Waals surface area contributed by atoms with Gasteiger partial charge in [0.2, 0.25) is 11.8 Å². The highest BCUT2D eigenvalue weighted by Crippen LogP contribution is 2.28. The maximum Gasteiger partial charge on any atom is 0.246 e. The molecule has 2 fully saturated rings. The third-order valence-electron chi connectivity index (χ3n) is 4.56. The van der Waals surface area contributed by atoms with Crippen LogP contribution in [-0.4, -0.2) is 48.1 Å². The van der Waals surface area contributed by atoms with E-state index in [4.69, 9.17) is 4.74 Å². The Kier molecular flexibility index (Phi) is 4.68. The molecule has 2 heterocycles. The molecule has 0 bridgehead atoms. The lowest BCUT2D eigenvalue weighted by Gasteiger charge is -2.45. The highest BCUT2D eigenvalue weighted by molar-refractivity contribution is 5.97. The molecule has 20 heavy (non-hydrogen) atoms. The van der Waals surface area contributed by atoms with Gasteiger partial charge in [-0.25, -0.2) is 0 Å². The summed E-state index contributed by atoms with van der Waals surface area (Å²) in [4.78, 5) is 26.9. The first kappa shape index (κ1) is 15.3. The lowest BCUT2D eigenvalue weighted by atomic mass is 9.90. The normalized spacial score (nSPS) is 32.6. The second kappa shape index (κ2) is 6.12. The predicted octanol–water partition coefficient (Wildman–Crippen LogP) is 1.17. The fourth-order valence-electron chi connectivity index (χ4n) is 3.28. The number of hydrogen-bond donors (Lipinski definition) is 1. The summed E-state index contributed by atoms with van der Waals surface area (Å²) in [5.41, 5.74) is 0. The van der Waals surface area contributed by atoms with Crippen LogP contribution in [0.4, 0.5) is 0 Å². The van der Waals surface area contributed by atoms with Crippen molar-refractivity contribution in [2.75, 3.05) is 13.2 Å². The van der Waals surface area contributed by atoms with E-state index in [0.717, 1.165) is 13.0 Å². The molecule has 0 saturated carbocycles. The molecule has 5 heteroatoms. The SMILES string of the molecule is CCC1NC(=O)C(C(C)C)N(C(C)C2CCOC2)C1=O. The molecule has 2 aliphatic heterocycles. The number of carbonyl (C=O) groups excluding carboxylic acids is 2. The van der Waals surface area contributed by atoms with Gasteiger partial charge in [0.05, 0.1) is 6.61 Å². The van der Waals surface area contributed by atoms with Crippen molar-refractivity contribution < 1.29 is 14.3 Å². The van der Waals surface area contributed by atoms with E-state index in [2.05, 4.69) is 12.2 Å². The van der Waals surface area contributed by atoms with Crippen LogP contribution in [0.3, 0.4) is 0 Å². The third-order valence-corrected chi connectivity index (χ3v) is 4.56. The fourth-order valence-corrected chi connectivity index (χ4v) is 3.28. The van der Waals surface area contributed by atoms with Gasteiger partial charge in [-0.1, -0.05) is 20.8 Å². The third kappa shape index (κ3) is 2.68. The van der Waals surface area contributed by atoms with Gasteiger partial charge in [-0.15, -0.1) is 0 Å². The van der Waals surface area contributed by atoms with E-state index in [1.165, 1.54) is 0 Å². The topological polar surface area (TPSA) is 58.6 Å². The van der Waals surface area contributed by atoms with Crippen LogP contribution in [0, 0.1) is 11.8 Å². The Morgan fingerprint density at radius 2 is 2.05 bits per heavy atom. The summed E-state index contributed by atoms with van der Waals surface area (Å²) in [6.45, 7) is 9.42. The Hall–Kier alpha value is -1.10. The Balaban J connectivity index is 2.26. The molecule has 5 nitrogen and oxygen atoms in total. The Morgan fingerprint density at radius 3 is 2.55 bits per heavy atom. The molecule has 1 N–H and O–H groups in total. The molecule has 114 valence electrons. The van der Waals surface area contributed by atoms with E-state index in [0.29, 0.717) is 18.9 Å². The van der Waals surface area contributed by atoms with Crippen molar-refractivity contribution in [3.63, 3.8) is 0 Å². The minimum absolute atomic E-state index is 0.0165. The van der Waals surface area contributed by atoms with E-state index in [1.54, 1.807) is 0 Å². The van der Waals surface area contributed by atoms with E-state index in [-0.39, 0.29) is 35.9 Å². The van der Waals surface area contributed by atoms with Crippen LogP contribution >= 0.6 is 0 Å². The summed E-state index contributed by atoms with van der Waals surface area (Å²) < 4.78 is 5.44. The van der Waals surface area contributed by atoms with Crippen molar-refractivity contribution in [2.45, 2.75) is 58.7 Å². The van der Waals surface area contributed by atoms with Gasteiger partial charge in [0.15, 0.2) is 0 Å². The molecule has 4 unspecified atom stereocenters. The van der Waals surface area contributed by atoms with Crippen molar-refractivity contribution in [3.05, 3.63) is 0 Å². The summed E-state index contributed by atoms with van der Waals surface area (Å²) >= 11 is 0. The zero-order valence-electron chi connectivity index (χ0n) is 12.9. The molecule has 0 aliphatic carbocycles. The molecule has 2 amide bonds. The van der Waals surface area contributed by atoms with Crippen molar-refractivity contribution >= 4 is 11.8 Å². The molecular formula is C15H26N2O3. The summed E-state index contributed by atoms with van der Waals surface area (Å²) in [6.07, 6.45) is 1.61. The smallest absolute Gasteiger partial charge is 0.246 e. The second-order valence-electron chi connectivity index (χ2n) is 6.27. The van der Waals surface area contributed by atoms with Crippen molar-refractivity contribution in [1.29, 1.82) is 0 Å². The second-order valence-corrected chi connectivity index (χ2v) is 6.27. The number of carbonyl (C=O) groups is 2. The zero-order chi connectivity index (χ0) is 14.9. The number of amides is 2. The van der Waals surface area contributed by atoms with E-state index in [9.17, 15) is 9.59 Å². The first-order valence-corrected chi connectivity index (χ1v) is 7.67. The Labute approximate surface area is 121 Å². The van der Waals surface area contributed by atoms with Gasteiger partial charge in [0.1, 0.15) is 12.1 Å². The molecule has 0 aromatic rings. The predicted molar refractivity (Wildman–Crippen MR) is 76.1 cm³/mol. The molecular weight excluding hydrogens is 256 g/mol. The molecule has 2 saturated heterocycles. The average Bonchev–Trinajstić information content (AvgIpc) is 2.93. The van der Waals surface area contributed by atoms with Crippen LogP contribution in [0.1, 0.15) is 40.5 Å². The highest BCUT2D eigenvalue weighted by Gasteiger charge is 2.45. The van der Waals surface area contributed by atoms with Crippen LogP contribution in [-0.2, 0) is 14.3 Å².